The molecule has 104 valence electrons. The summed E-state index contributed by atoms with van der Waals surface area (Å²) in [4.78, 5) is 0. The smallest absolute Gasteiger partial charge is 0.105 e. The van der Waals surface area contributed by atoms with Crippen molar-refractivity contribution in [1.29, 1.82) is 0 Å². The summed E-state index contributed by atoms with van der Waals surface area (Å²) in [6, 6.07) is 6.83. The second-order valence-electron chi connectivity index (χ2n) is 5.28. The van der Waals surface area contributed by atoms with Gasteiger partial charge in [0.25, 0.3) is 0 Å². The third-order valence-electron chi connectivity index (χ3n) is 3.48. The first-order valence-corrected chi connectivity index (χ1v) is 6.91. The number of rotatable bonds is 6. The van der Waals surface area contributed by atoms with E-state index in [1.54, 1.807) is 6.26 Å². The molecule has 0 radical (unpaired) electrons. The third-order valence-corrected chi connectivity index (χ3v) is 3.48. The van der Waals surface area contributed by atoms with Gasteiger partial charge in [0, 0.05) is 24.1 Å². The number of furan rings is 2. The Hall–Kier alpha value is -1.48. The van der Waals surface area contributed by atoms with E-state index in [0.717, 1.165) is 30.1 Å². The van der Waals surface area contributed by atoms with Crippen molar-refractivity contribution >= 4 is 0 Å². The lowest BCUT2D eigenvalue weighted by molar-refractivity contribution is 0.425. The van der Waals surface area contributed by atoms with Gasteiger partial charge < -0.3 is 14.2 Å². The largest absolute Gasteiger partial charge is 0.469 e. The molecule has 0 fully saturated rings. The van der Waals surface area contributed by atoms with Gasteiger partial charge in [0.2, 0.25) is 0 Å². The van der Waals surface area contributed by atoms with Crippen LogP contribution in [0.5, 0.6) is 0 Å². The predicted octanol–water partition coefficient (Wildman–Crippen LogP) is 4.16. The van der Waals surface area contributed by atoms with Crippen LogP contribution in [0.3, 0.4) is 0 Å². The zero-order valence-electron chi connectivity index (χ0n) is 12.2. The first-order chi connectivity index (χ1) is 9.06. The molecule has 3 nitrogen and oxygen atoms in total. The Bertz CT molecular complexity index is 499. The van der Waals surface area contributed by atoms with Gasteiger partial charge in [0.1, 0.15) is 17.3 Å². The van der Waals surface area contributed by atoms with Gasteiger partial charge in [-0.15, -0.1) is 0 Å². The molecule has 1 N–H and O–H groups in total. The summed E-state index contributed by atoms with van der Waals surface area (Å²) in [6.07, 6.45) is 3.76. The van der Waals surface area contributed by atoms with Crippen LogP contribution in [0.2, 0.25) is 0 Å². The van der Waals surface area contributed by atoms with E-state index in [9.17, 15) is 0 Å². The average Bonchev–Trinajstić information content (AvgIpc) is 2.96. The van der Waals surface area contributed by atoms with Crippen LogP contribution in [-0.4, -0.2) is 6.04 Å². The standard InChI is InChI=1S/C16H23NO2/c1-11(7-8-15-6-5-9-18-15)17-13(3)16-10-12(2)19-14(16)4/h5-6,9-11,13,17H,7-8H2,1-4H3. The highest BCUT2D eigenvalue weighted by molar-refractivity contribution is 5.23. The number of aryl methyl sites for hydroxylation is 3. The van der Waals surface area contributed by atoms with E-state index < -0.39 is 0 Å². The fraction of sp³-hybridized carbons (Fsp3) is 0.500. The highest BCUT2D eigenvalue weighted by atomic mass is 16.3. The number of nitrogens with one attached hydrogen (secondary N) is 1. The molecule has 0 bridgehead atoms. The van der Waals surface area contributed by atoms with Gasteiger partial charge in [0.05, 0.1) is 6.26 Å². The van der Waals surface area contributed by atoms with Gasteiger partial charge >= 0.3 is 0 Å². The molecule has 0 aromatic carbocycles. The van der Waals surface area contributed by atoms with Crippen molar-refractivity contribution in [3.8, 4) is 0 Å². The number of hydrogen-bond donors (Lipinski definition) is 1. The van der Waals surface area contributed by atoms with E-state index in [4.69, 9.17) is 8.83 Å². The van der Waals surface area contributed by atoms with Crippen molar-refractivity contribution in [3.63, 3.8) is 0 Å². The summed E-state index contributed by atoms with van der Waals surface area (Å²) >= 11 is 0. The van der Waals surface area contributed by atoms with Crippen molar-refractivity contribution in [2.24, 2.45) is 0 Å². The maximum absolute atomic E-state index is 5.58. The van der Waals surface area contributed by atoms with Gasteiger partial charge in [-0.1, -0.05) is 0 Å². The Kier molecular flexibility index (Phi) is 4.48. The minimum atomic E-state index is 0.309. The number of hydrogen-bond acceptors (Lipinski definition) is 3. The lowest BCUT2D eigenvalue weighted by Crippen LogP contribution is -2.29. The van der Waals surface area contributed by atoms with Crippen molar-refractivity contribution in [3.05, 3.63) is 47.3 Å². The second kappa shape index (κ2) is 6.11. The van der Waals surface area contributed by atoms with Crippen LogP contribution < -0.4 is 5.32 Å². The molecule has 2 aromatic heterocycles. The second-order valence-corrected chi connectivity index (χ2v) is 5.28. The van der Waals surface area contributed by atoms with Crippen LogP contribution in [0.4, 0.5) is 0 Å². The Labute approximate surface area is 115 Å². The summed E-state index contributed by atoms with van der Waals surface area (Å²) in [7, 11) is 0. The third kappa shape index (κ3) is 3.74. The molecular formula is C16H23NO2. The van der Waals surface area contributed by atoms with Crippen LogP contribution in [0, 0.1) is 13.8 Å². The molecule has 2 rings (SSSR count). The maximum atomic E-state index is 5.58. The first kappa shape index (κ1) is 13.9. The molecule has 0 saturated heterocycles. The minimum Gasteiger partial charge on any atom is -0.469 e. The molecule has 3 heteroatoms. The quantitative estimate of drug-likeness (QED) is 0.848. The van der Waals surface area contributed by atoms with Gasteiger partial charge in [-0.05, 0) is 52.3 Å². The molecule has 2 heterocycles. The Balaban J connectivity index is 1.84. The molecule has 0 aliphatic heterocycles. The Morgan fingerprint density at radius 3 is 2.63 bits per heavy atom. The van der Waals surface area contributed by atoms with E-state index in [1.165, 1.54) is 5.56 Å². The topological polar surface area (TPSA) is 38.3 Å². The summed E-state index contributed by atoms with van der Waals surface area (Å²) < 4.78 is 10.9. The summed E-state index contributed by atoms with van der Waals surface area (Å²) in [6.45, 7) is 8.40. The molecule has 19 heavy (non-hydrogen) atoms. The molecule has 0 amide bonds. The van der Waals surface area contributed by atoms with Gasteiger partial charge in [-0.3, -0.25) is 0 Å². The minimum absolute atomic E-state index is 0.309. The maximum Gasteiger partial charge on any atom is 0.105 e. The molecule has 2 atom stereocenters. The Morgan fingerprint density at radius 1 is 1.26 bits per heavy atom. The first-order valence-electron chi connectivity index (χ1n) is 6.91. The molecular weight excluding hydrogens is 238 g/mol. The van der Waals surface area contributed by atoms with Crippen LogP contribution >= 0.6 is 0 Å². The lowest BCUT2D eigenvalue weighted by Gasteiger charge is -2.19. The molecule has 0 aliphatic carbocycles. The van der Waals surface area contributed by atoms with Crippen molar-refractivity contribution in [2.45, 2.75) is 52.6 Å². The zero-order valence-corrected chi connectivity index (χ0v) is 12.2. The van der Waals surface area contributed by atoms with Crippen molar-refractivity contribution in [1.82, 2.24) is 5.32 Å². The van der Waals surface area contributed by atoms with Crippen LogP contribution in [-0.2, 0) is 6.42 Å². The molecule has 0 saturated carbocycles. The van der Waals surface area contributed by atoms with Crippen molar-refractivity contribution in [2.75, 3.05) is 0 Å². The highest BCUT2D eigenvalue weighted by Crippen LogP contribution is 2.22. The van der Waals surface area contributed by atoms with Crippen LogP contribution in [0.15, 0.2) is 33.3 Å². The average molecular weight is 261 g/mol. The Morgan fingerprint density at radius 2 is 2.05 bits per heavy atom. The van der Waals surface area contributed by atoms with E-state index in [2.05, 4.69) is 25.2 Å². The fourth-order valence-electron chi connectivity index (χ4n) is 2.49. The predicted molar refractivity (Wildman–Crippen MR) is 76.2 cm³/mol. The molecule has 2 unspecified atom stereocenters. The van der Waals surface area contributed by atoms with E-state index in [-0.39, 0.29) is 0 Å². The summed E-state index contributed by atoms with van der Waals surface area (Å²) in [5.74, 6) is 3.04. The summed E-state index contributed by atoms with van der Waals surface area (Å²) in [5, 5.41) is 3.61. The van der Waals surface area contributed by atoms with Gasteiger partial charge in [-0.2, -0.15) is 0 Å². The zero-order chi connectivity index (χ0) is 13.8. The van der Waals surface area contributed by atoms with Crippen LogP contribution in [0.1, 0.15) is 49.2 Å². The van der Waals surface area contributed by atoms with Crippen molar-refractivity contribution < 1.29 is 8.83 Å². The monoisotopic (exact) mass is 261 g/mol. The normalized spacial score (nSPS) is 14.5. The fourth-order valence-corrected chi connectivity index (χ4v) is 2.49. The SMILES string of the molecule is Cc1cc(C(C)NC(C)CCc2ccco2)c(C)o1. The van der Waals surface area contributed by atoms with E-state index in [0.29, 0.717) is 12.1 Å². The summed E-state index contributed by atoms with van der Waals surface area (Å²) in [5.41, 5.74) is 1.25. The molecule has 2 aromatic rings. The molecule has 0 aliphatic rings. The lowest BCUT2D eigenvalue weighted by atomic mass is 10.1. The van der Waals surface area contributed by atoms with E-state index >= 15 is 0 Å². The highest BCUT2D eigenvalue weighted by Gasteiger charge is 2.14. The van der Waals surface area contributed by atoms with E-state index in [1.807, 2.05) is 26.0 Å². The van der Waals surface area contributed by atoms with Crippen LogP contribution in [0.25, 0.3) is 0 Å². The van der Waals surface area contributed by atoms with Gasteiger partial charge in [-0.25, -0.2) is 0 Å². The molecule has 0 spiro atoms. The van der Waals surface area contributed by atoms with Gasteiger partial charge in [0.15, 0.2) is 0 Å².